The van der Waals surface area contributed by atoms with E-state index in [4.69, 9.17) is 14.2 Å². The Morgan fingerprint density at radius 2 is 1.88 bits per heavy atom. The maximum Gasteiger partial charge on any atom is 0.231 e. The highest BCUT2D eigenvalue weighted by Crippen LogP contribution is 2.40. The summed E-state index contributed by atoms with van der Waals surface area (Å²) in [5.41, 5.74) is 4.59. The molecule has 3 aromatic rings. The Hall–Kier alpha value is -2.63. The SMILES string of the molecule is COc1ccccc1C1NCc2cc3c(cc2-n2cccc21)OCO3.Cl. The van der Waals surface area contributed by atoms with E-state index in [9.17, 15) is 0 Å². The van der Waals surface area contributed by atoms with Crippen LogP contribution in [0.1, 0.15) is 22.9 Å². The van der Waals surface area contributed by atoms with Gasteiger partial charge >= 0.3 is 0 Å². The summed E-state index contributed by atoms with van der Waals surface area (Å²) < 4.78 is 18.9. The standard InChI is InChI=1S/C20H18N2O3.ClH/c1-23-17-7-3-2-5-14(17)20-15-6-4-8-22(15)16-10-19-18(24-12-25-19)9-13(16)11-21-20;/h2-10,20-21H,11-12H2,1H3;1H. The van der Waals surface area contributed by atoms with Gasteiger partial charge in [-0.1, -0.05) is 18.2 Å². The van der Waals surface area contributed by atoms with Crippen molar-refractivity contribution < 1.29 is 14.2 Å². The topological polar surface area (TPSA) is 44.7 Å². The van der Waals surface area contributed by atoms with Gasteiger partial charge in [-0.15, -0.1) is 12.4 Å². The van der Waals surface area contributed by atoms with Crippen LogP contribution >= 0.6 is 12.4 Å². The lowest BCUT2D eigenvalue weighted by atomic mass is 10.0. The highest BCUT2D eigenvalue weighted by atomic mass is 35.5. The molecule has 2 aliphatic rings. The first-order valence-electron chi connectivity index (χ1n) is 8.31. The Labute approximate surface area is 157 Å². The van der Waals surface area contributed by atoms with E-state index in [1.54, 1.807) is 7.11 Å². The van der Waals surface area contributed by atoms with Crippen molar-refractivity contribution in [2.45, 2.75) is 12.6 Å². The summed E-state index contributed by atoms with van der Waals surface area (Å²) in [6, 6.07) is 16.5. The molecule has 134 valence electrons. The molecule has 3 heterocycles. The van der Waals surface area contributed by atoms with E-state index in [1.807, 2.05) is 18.2 Å². The maximum absolute atomic E-state index is 5.58. The summed E-state index contributed by atoms with van der Waals surface area (Å²) in [5, 5.41) is 3.67. The number of fused-ring (bicyclic) bond motifs is 4. The van der Waals surface area contributed by atoms with Crippen LogP contribution in [0.5, 0.6) is 17.2 Å². The van der Waals surface area contributed by atoms with Gasteiger partial charge in [0.1, 0.15) is 5.75 Å². The van der Waals surface area contributed by atoms with Crippen LogP contribution in [0.4, 0.5) is 0 Å². The lowest BCUT2D eigenvalue weighted by Gasteiger charge is -2.20. The third kappa shape index (κ3) is 2.52. The van der Waals surface area contributed by atoms with Gasteiger partial charge in [-0.3, -0.25) is 0 Å². The number of ether oxygens (including phenoxy) is 3. The van der Waals surface area contributed by atoms with Crippen molar-refractivity contribution in [3.05, 3.63) is 71.5 Å². The molecule has 1 atom stereocenters. The van der Waals surface area contributed by atoms with E-state index in [-0.39, 0.29) is 25.2 Å². The van der Waals surface area contributed by atoms with Crippen molar-refractivity contribution in [2.75, 3.05) is 13.9 Å². The van der Waals surface area contributed by atoms with E-state index >= 15 is 0 Å². The number of methoxy groups -OCH3 is 1. The summed E-state index contributed by atoms with van der Waals surface area (Å²) in [4.78, 5) is 0. The molecule has 0 spiro atoms. The number of aromatic nitrogens is 1. The number of nitrogens with one attached hydrogen (secondary N) is 1. The average Bonchev–Trinajstić information content (AvgIpc) is 3.27. The van der Waals surface area contributed by atoms with Crippen LogP contribution in [0.3, 0.4) is 0 Å². The zero-order valence-corrected chi connectivity index (χ0v) is 15.1. The van der Waals surface area contributed by atoms with E-state index in [1.165, 1.54) is 11.3 Å². The van der Waals surface area contributed by atoms with Crippen molar-refractivity contribution in [1.29, 1.82) is 0 Å². The van der Waals surface area contributed by atoms with E-state index in [2.05, 4.69) is 46.4 Å². The number of halogens is 1. The molecule has 0 aliphatic carbocycles. The van der Waals surface area contributed by atoms with Crippen LogP contribution < -0.4 is 19.5 Å². The Bertz CT molecular complexity index is 954. The summed E-state index contributed by atoms with van der Waals surface area (Å²) in [6.07, 6.45) is 2.09. The molecular weight excluding hydrogens is 352 g/mol. The molecule has 0 saturated carbocycles. The molecule has 1 unspecified atom stereocenters. The Morgan fingerprint density at radius 1 is 1.08 bits per heavy atom. The van der Waals surface area contributed by atoms with Crippen LogP contribution in [0, 0.1) is 0 Å². The number of rotatable bonds is 2. The first-order chi connectivity index (χ1) is 12.3. The first kappa shape index (κ1) is 16.8. The van der Waals surface area contributed by atoms with E-state index < -0.39 is 0 Å². The summed E-state index contributed by atoms with van der Waals surface area (Å²) >= 11 is 0. The molecular formula is C20H19ClN2O3. The Kier molecular flexibility index (Phi) is 4.26. The van der Waals surface area contributed by atoms with Crippen molar-refractivity contribution >= 4 is 12.4 Å². The molecule has 1 aromatic heterocycles. The minimum atomic E-state index is 0. The quantitative estimate of drug-likeness (QED) is 0.744. The number of hydrogen-bond acceptors (Lipinski definition) is 4. The van der Waals surface area contributed by atoms with Gasteiger partial charge in [0.15, 0.2) is 11.5 Å². The minimum Gasteiger partial charge on any atom is -0.496 e. The van der Waals surface area contributed by atoms with Crippen LogP contribution in [-0.4, -0.2) is 18.5 Å². The largest absolute Gasteiger partial charge is 0.496 e. The second kappa shape index (κ2) is 6.59. The first-order valence-corrected chi connectivity index (χ1v) is 8.31. The van der Waals surface area contributed by atoms with Crippen molar-refractivity contribution in [3.8, 4) is 22.9 Å². The summed E-state index contributed by atoms with van der Waals surface area (Å²) in [7, 11) is 1.71. The van der Waals surface area contributed by atoms with Gasteiger partial charge in [0.2, 0.25) is 6.79 Å². The third-order valence-corrected chi connectivity index (χ3v) is 4.86. The van der Waals surface area contributed by atoms with E-state index in [0.717, 1.165) is 35.0 Å². The highest BCUT2D eigenvalue weighted by Gasteiger charge is 2.27. The van der Waals surface area contributed by atoms with Gasteiger partial charge in [-0.25, -0.2) is 0 Å². The van der Waals surface area contributed by atoms with Gasteiger partial charge in [-0.05, 0) is 29.8 Å². The Morgan fingerprint density at radius 3 is 2.73 bits per heavy atom. The van der Waals surface area contributed by atoms with Gasteiger partial charge in [0.25, 0.3) is 0 Å². The molecule has 0 bridgehead atoms. The predicted octanol–water partition coefficient (Wildman–Crippen LogP) is 3.83. The molecule has 1 N–H and O–H groups in total. The second-order valence-corrected chi connectivity index (χ2v) is 6.19. The molecule has 0 fully saturated rings. The van der Waals surface area contributed by atoms with Gasteiger partial charge in [0, 0.05) is 30.1 Å². The average molecular weight is 371 g/mol. The monoisotopic (exact) mass is 370 g/mol. The molecule has 5 rings (SSSR count). The molecule has 0 saturated heterocycles. The highest BCUT2D eigenvalue weighted by molar-refractivity contribution is 5.85. The lowest BCUT2D eigenvalue weighted by Crippen LogP contribution is -2.21. The van der Waals surface area contributed by atoms with Crippen molar-refractivity contribution in [2.24, 2.45) is 0 Å². The number of nitrogens with zero attached hydrogens (tertiary/aromatic N) is 1. The molecule has 26 heavy (non-hydrogen) atoms. The summed E-state index contributed by atoms with van der Waals surface area (Å²) in [6.45, 7) is 1.02. The zero-order chi connectivity index (χ0) is 16.8. The molecule has 0 amide bonds. The molecule has 5 nitrogen and oxygen atoms in total. The van der Waals surface area contributed by atoms with Crippen molar-refractivity contribution in [3.63, 3.8) is 0 Å². The maximum atomic E-state index is 5.58. The zero-order valence-electron chi connectivity index (χ0n) is 14.3. The van der Waals surface area contributed by atoms with Crippen LogP contribution in [0.2, 0.25) is 0 Å². The minimum absolute atomic E-state index is 0. The fourth-order valence-corrected chi connectivity index (χ4v) is 3.68. The predicted molar refractivity (Wildman–Crippen MR) is 101 cm³/mol. The number of benzene rings is 2. The second-order valence-electron chi connectivity index (χ2n) is 6.19. The van der Waals surface area contributed by atoms with Crippen LogP contribution in [0.25, 0.3) is 5.69 Å². The van der Waals surface area contributed by atoms with Crippen molar-refractivity contribution in [1.82, 2.24) is 9.88 Å². The van der Waals surface area contributed by atoms with E-state index in [0.29, 0.717) is 0 Å². The fourth-order valence-electron chi connectivity index (χ4n) is 3.68. The Balaban J connectivity index is 0.00000168. The third-order valence-electron chi connectivity index (χ3n) is 4.86. The normalized spacial score (nSPS) is 16.9. The molecule has 6 heteroatoms. The smallest absolute Gasteiger partial charge is 0.231 e. The van der Waals surface area contributed by atoms with Gasteiger partial charge in [0.05, 0.1) is 18.8 Å². The van der Waals surface area contributed by atoms with Gasteiger partial charge in [-0.2, -0.15) is 0 Å². The van der Waals surface area contributed by atoms with Gasteiger partial charge < -0.3 is 24.1 Å². The summed E-state index contributed by atoms with van der Waals surface area (Å²) in [5.74, 6) is 2.49. The molecule has 0 radical (unpaired) electrons. The van der Waals surface area contributed by atoms with Crippen LogP contribution in [0.15, 0.2) is 54.7 Å². The fraction of sp³-hybridized carbons (Fsp3) is 0.200. The molecule has 2 aromatic carbocycles. The lowest BCUT2D eigenvalue weighted by molar-refractivity contribution is 0.174. The number of hydrogen-bond donors (Lipinski definition) is 1. The number of para-hydroxylation sites is 1. The van der Waals surface area contributed by atoms with Crippen LogP contribution in [-0.2, 0) is 6.54 Å². The molecule has 2 aliphatic heterocycles.